The Morgan fingerprint density at radius 2 is 1.76 bits per heavy atom. The maximum absolute atomic E-state index is 9.85. The van der Waals surface area contributed by atoms with Gasteiger partial charge in [-0.3, -0.25) is 5.43 Å². The fraction of sp³-hybridized carbons (Fsp3) is 0.0714. The van der Waals surface area contributed by atoms with Crippen LogP contribution in [0.25, 0.3) is 0 Å². The third-order valence-electron chi connectivity index (χ3n) is 2.69. The molecular formula is C14H10BrCl3N2O. The highest BCUT2D eigenvalue weighted by molar-refractivity contribution is 9.10. The second-order valence-electron chi connectivity index (χ2n) is 4.21. The molecule has 0 spiro atoms. The Morgan fingerprint density at radius 1 is 1.14 bits per heavy atom. The van der Waals surface area contributed by atoms with E-state index in [9.17, 15) is 5.11 Å². The fourth-order valence-corrected chi connectivity index (χ4v) is 2.91. The van der Waals surface area contributed by atoms with Crippen molar-refractivity contribution in [3.63, 3.8) is 0 Å². The third kappa shape index (κ3) is 4.04. The van der Waals surface area contributed by atoms with Gasteiger partial charge < -0.3 is 5.11 Å². The van der Waals surface area contributed by atoms with Gasteiger partial charge in [-0.15, -0.1) is 0 Å². The average Bonchev–Trinajstić information content (AvgIpc) is 2.40. The van der Waals surface area contributed by atoms with Crippen LogP contribution in [-0.2, 0) is 0 Å². The number of phenolic OH excluding ortho intramolecular Hbond substituents is 1. The van der Waals surface area contributed by atoms with Crippen molar-refractivity contribution in [2.45, 2.75) is 6.92 Å². The maximum Gasteiger partial charge on any atom is 0.124 e. The number of halogens is 4. The van der Waals surface area contributed by atoms with E-state index in [2.05, 4.69) is 26.5 Å². The van der Waals surface area contributed by atoms with Crippen molar-refractivity contribution in [1.82, 2.24) is 0 Å². The molecule has 0 aliphatic heterocycles. The minimum Gasteiger partial charge on any atom is -0.507 e. The van der Waals surface area contributed by atoms with Gasteiger partial charge in [0.1, 0.15) is 5.75 Å². The molecule has 2 rings (SSSR count). The molecule has 2 aromatic rings. The SMILES string of the molecule is CC(=NNc1c(Cl)cc(Cl)cc1Cl)c1cc(Br)ccc1O. The summed E-state index contributed by atoms with van der Waals surface area (Å²) in [6.07, 6.45) is 0. The molecule has 3 nitrogen and oxygen atoms in total. The number of hydrogen-bond acceptors (Lipinski definition) is 3. The summed E-state index contributed by atoms with van der Waals surface area (Å²) < 4.78 is 0.840. The van der Waals surface area contributed by atoms with Crippen LogP contribution in [0.4, 0.5) is 5.69 Å². The second-order valence-corrected chi connectivity index (χ2v) is 6.38. The van der Waals surface area contributed by atoms with Gasteiger partial charge in [-0.05, 0) is 37.3 Å². The van der Waals surface area contributed by atoms with E-state index in [4.69, 9.17) is 34.8 Å². The number of benzene rings is 2. The number of phenols is 1. The zero-order valence-corrected chi connectivity index (χ0v) is 14.6. The monoisotopic (exact) mass is 406 g/mol. The van der Waals surface area contributed by atoms with Crippen molar-refractivity contribution in [3.8, 4) is 5.75 Å². The largest absolute Gasteiger partial charge is 0.507 e. The molecule has 0 heterocycles. The molecule has 21 heavy (non-hydrogen) atoms. The van der Waals surface area contributed by atoms with Crippen LogP contribution in [0.1, 0.15) is 12.5 Å². The molecule has 0 saturated heterocycles. The minimum atomic E-state index is 0.134. The second kappa shape index (κ2) is 6.88. The van der Waals surface area contributed by atoms with Gasteiger partial charge in [0.05, 0.1) is 21.4 Å². The molecule has 0 unspecified atom stereocenters. The van der Waals surface area contributed by atoms with Crippen LogP contribution in [0.5, 0.6) is 5.75 Å². The molecule has 7 heteroatoms. The lowest BCUT2D eigenvalue weighted by Gasteiger charge is -2.09. The average molecular weight is 409 g/mol. The lowest BCUT2D eigenvalue weighted by molar-refractivity contribution is 0.474. The summed E-state index contributed by atoms with van der Waals surface area (Å²) in [6, 6.07) is 8.23. The van der Waals surface area contributed by atoms with Crippen molar-refractivity contribution in [3.05, 3.63) is 55.4 Å². The van der Waals surface area contributed by atoms with E-state index in [0.717, 1.165) is 4.47 Å². The molecule has 2 aromatic carbocycles. The zero-order chi connectivity index (χ0) is 15.6. The minimum absolute atomic E-state index is 0.134. The number of anilines is 1. The van der Waals surface area contributed by atoms with Crippen LogP contribution in [0.3, 0.4) is 0 Å². The van der Waals surface area contributed by atoms with Crippen molar-refractivity contribution >= 4 is 62.1 Å². The topological polar surface area (TPSA) is 44.6 Å². The quantitative estimate of drug-likeness (QED) is 0.487. The molecule has 0 amide bonds. The summed E-state index contributed by atoms with van der Waals surface area (Å²) in [5.74, 6) is 0.134. The standard InChI is InChI=1S/C14H10BrCl3N2O/c1-7(10-4-8(15)2-3-13(10)21)19-20-14-11(17)5-9(16)6-12(14)18/h2-6,20-21H,1H3. The Morgan fingerprint density at radius 3 is 2.38 bits per heavy atom. The summed E-state index contributed by atoms with van der Waals surface area (Å²) >= 11 is 21.3. The summed E-state index contributed by atoms with van der Waals surface area (Å²) in [6.45, 7) is 1.76. The molecule has 0 saturated carbocycles. The van der Waals surface area contributed by atoms with E-state index < -0.39 is 0 Å². The Hall–Kier alpha value is -0.940. The van der Waals surface area contributed by atoms with Gasteiger partial charge in [0.15, 0.2) is 0 Å². The highest BCUT2D eigenvalue weighted by atomic mass is 79.9. The predicted molar refractivity (Wildman–Crippen MR) is 93.1 cm³/mol. The van der Waals surface area contributed by atoms with Gasteiger partial charge in [-0.25, -0.2) is 0 Å². The molecule has 110 valence electrons. The molecule has 0 bridgehead atoms. The van der Waals surface area contributed by atoms with Gasteiger partial charge >= 0.3 is 0 Å². The van der Waals surface area contributed by atoms with Crippen LogP contribution < -0.4 is 5.43 Å². The van der Waals surface area contributed by atoms with Gasteiger partial charge in [0.2, 0.25) is 0 Å². The van der Waals surface area contributed by atoms with Crippen molar-refractivity contribution in [2.24, 2.45) is 5.10 Å². The molecule has 2 N–H and O–H groups in total. The molecule has 0 fully saturated rings. The lowest BCUT2D eigenvalue weighted by Crippen LogP contribution is -2.01. The summed E-state index contributed by atoms with van der Waals surface area (Å²) in [4.78, 5) is 0. The first-order valence-corrected chi connectivity index (χ1v) is 7.75. The van der Waals surface area contributed by atoms with Crippen LogP contribution in [0.15, 0.2) is 39.9 Å². The molecular weight excluding hydrogens is 398 g/mol. The van der Waals surface area contributed by atoms with Gasteiger partial charge in [-0.2, -0.15) is 5.10 Å². The summed E-state index contributed by atoms with van der Waals surface area (Å²) in [5.41, 5.74) is 4.42. The normalized spacial score (nSPS) is 11.6. The summed E-state index contributed by atoms with van der Waals surface area (Å²) in [7, 11) is 0. The first-order valence-electron chi connectivity index (χ1n) is 5.82. The first-order chi connectivity index (χ1) is 9.88. The highest BCUT2D eigenvalue weighted by Gasteiger charge is 2.09. The molecule has 0 aliphatic carbocycles. The summed E-state index contributed by atoms with van der Waals surface area (Å²) in [5, 5.41) is 15.2. The van der Waals surface area contributed by atoms with Gasteiger partial charge in [-0.1, -0.05) is 50.7 Å². The van der Waals surface area contributed by atoms with E-state index in [1.807, 2.05) is 0 Å². The van der Waals surface area contributed by atoms with Crippen molar-refractivity contribution in [2.75, 3.05) is 5.43 Å². The van der Waals surface area contributed by atoms with E-state index in [1.165, 1.54) is 0 Å². The first kappa shape index (κ1) is 16.4. The molecule has 0 atom stereocenters. The number of hydrogen-bond donors (Lipinski definition) is 2. The Labute approximate surface area is 145 Å². The van der Waals surface area contributed by atoms with Crippen LogP contribution in [-0.4, -0.2) is 10.8 Å². The molecule has 0 radical (unpaired) electrons. The van der Waals surface area contributed by atoms with Crippen molar-refractivity contribution < 1.29 is 5.11 Å². The lowest BCUT2D eigenvalue weighted by atomic mass is 10.1. The number of nitrogens with one attached hydrogen (secondary N) is 1. The van der Waals surface area contributed by atoms with Crippen LogP contribution in [0, 0.1) is 0 Å². The number of nitrogens with zero attached hydrogens (tertiary/aromatic N) is 1. The number of aromatic hydroxyl groups is 1. The van der Waals surface area contributed by atoms with Crippen LogP contribution in [0.2, 0.25) is 15.1 Å². The Bertz CT molecular complexity index is 696. The Kier molecular flexibility index (Phi) is 5.38. The van der Waals surface area contributed by atoms with E-state index in [0.29, 0.717) is 32.0 Å². The molecule has 0 aromatic heterocycles. The predicted octanol–water partition coefficient (Wildman–Crippen LogP) is 5.95. The molecule has 0 aliphatic rings. The zero-order valence-electron chi connectivity index (χ0n) is 10.8. The van der Waals surface area contributed by atoms with Gasteiger partial charge in [0, 0.05) is 15.1 Å². The smallest absolute Gasteiger partial charge is 0.124 e. The van der Waals surface area contributed by atoms with Crippen molar-refractivity contribution in [1.29, 1.82) is 0 Å². The number of rotatable bonds is 3. The van der Waals surface area contributed by atoms with E-state index >= 15 is 0 Å². The van der Waals surface area contributed by atoms with Gasteiger partial charge in [0.25, 0.3) is 0 Å². The van der Waals surface area contributed by atoms with E-state index in [1.54, 1.807) is 37.3 Å². The fourth-order valence-electron chi connectivity index (χ4n) is 1.65. The van der Waals surface area contributed by atoms with Crippen LogP contribution >= 0.6 is 50.7 Å². The highest BCUT2D eigenvalue weighted by Crippen LogP contribution is 2.33. The third-order valence-corrected chi connectivity index (χ3v) is 4.00. The van der Waals surface area contributed by atoms with E-state index in [-0.39, 0.29) is 5.75 Å². The maximum atomic E-state index is 9.85. The number of hydrazone groups is 1. The Balaban J connectivity index is 2.31.